The molecule has 5 nitrogen and oxygen atoms in total. The first kappa shape index (κ1) is 22.4. The number of methoxy groups -OCH3 is 1. The first-order chi connectivity index (χ1) is 15.0. The Morgan fingerprint density at radius 1 is 1.26 bits per heavy atom. The van der Waals surface area contributed by atoms with E-state index in [0.29, 0.717) is 6.61 Å². The van der Waals surface area contributed by atoms with E-state index in [-0.39, 0.29) is 11.2 Å². The van der Waals surface area contributed by atoms with E-state index in [0.717, 1.165) is 62.3 Å². The van der Waals surface area contributed by atoms with Gasteiger partial charge >= 0.3 is 0 Å². The highest BCUT2D eigenvalue weighted by Gasteiger charge is 2.33. The second-order valence-corrected chi connectivity index (χ2v) is 10.4. The van der Waals surface area contributed by atoms with E-state index >= 15 is 0 Å². The predicted octanol–water partition coefficient (Wildman–Crippen LogP) is 5.98. The number of hydrogen-bond donors (Lipinski definition) is 0. The van der Waals surface area contributed by atoms with Crippen LogP contribution in [-0.2, 0) is 17.8 Å². The number of nitrogens with zero attached hydrogens (tertiary/aromatic N) is 2. The molecule has 1 aliphatic heterocycles. The molecule has 1 aliphatic rings. The average molecular weight is 459 g/mol. The maximum atomic E-state index is 13.9. The average Bonchev–Trinajstić information content (AvgIpc) is 3.14. The molecule has 166 valence electrons. The van der Waals surface area contributed by atoms with Crippen molar-refractivity contribution in [1.82, 2.24) is 9.55 Å². The van der Waals surface area contributed by atoms with Gasteiger partial charge in [-0.1, -0.05) is 38.5 Å². The Kier molecular flexibility index (Phi) is 6.74. The van der Waals surface area contributed by atoms with Crippen LogP contribution in [0.15, 0.2) is 34.2 Å². The van der Waals surface area contributed by atoms with E-state index in [4.69, 9.17) is 14.5 Å². The molecule has 1 aromatic carbocycles. The monoisotopic (exact) mass is 458 g/mol. The maximum absolute atomic E-state index is 13.9. The molecule has 3 heterocycles. The summed E-state index contributed by atoms with van der Waals surface area (Å²) in [4.78, 5) is 20.8. The fourth-order valence-electron chi connectivity index (χ4n) is 3.90. The van der Waals surface area contributed by atoms with Crippen LogP contribution in [0.5, 0.6) is 5.75 Å². The summed E-state index contributed by atoms with van der Waals surface area (Å²) in [5.74, 6) is 1.72. The van der Waals surface area contributed by atoms with Crippen LogP contribution in [0.2, 0.25) is 0 Å². The number of rotatable bonds is 8. The molecule has 0 N–H and O–H groups in total. The topological polar surface area (TPSA) is 53.4 Å². The second kappa shape index (κ2) is 9.35. The number of aromatic nitrogens is 2. The minimum Gasteiger partial charge on any atom is -0.497 e. The molecule has 0 bridgehead atoms. The summed E-state index contributed by atoms with van der Waals surface area (Å²) in [5, 5.41) is 1.52. The number of hydrogen-bond acceptors (Lipinski definition) is 6. The van der Waals surface area contributed by atoms with Crippen molar-refractivity contribution in [1.29, 1.82) is 0 Å². The zero-order valence-electron chi connectivity index (χ0n) is 18.7. The van der Waals surface area contributed by atoms with Crippen LogP contribution >= 0.6 is 23.1 Å². The normalized spacial score (nSPS) is 18.3. The van der Waals surface area contributed by atoms with Crippen molar-refractivity contribution in [2.45, 2.75) is 70.2 Å². The summed E-state index contributed by atoms with van der Waals surface area (Å²) in [6.45, 7) is 7.03. The highest BCUT2D eigenvalue weighted by atomic mass is 32.2. The molecule has 0 amide bonds. The highest BCUT2D eigenvalue weighted by molar-refractivity contribution is 7.99. The lowest BCUT2D eigenvalue weighted by molar-refractivity contribution is -0.0543. The first-order valence-corrected chi connectivity index (χ1v) is 12.8. The largest absolute Gasteiger partial charge is 0.497 e. The van der Waals surface area contributed by atoms with Gasteiger partial charge in [0.05, 0.1) is 30.4 Å². The molecule has 4 rings (SSSR count). The molecule has 0 spiro atoms. The molecule has 1 unspecified atom stereocenters. The number of fused-ring (bicyclic) bond motifs is 3. The van der Waals surface area contributed by atoms with Crippen molar-refractivity contribution in [2.24, 2.45) is 0 Å². The van der Waals surface area contributed by atoms with Gasteiger partial charge in [0.1, 0.15) is 10.6 Å². The zero-order valence-corrected chi connectivity index (χ0v) is 20.3. The van der Waals surface area contributed by atoms with Crippen molar-refractivity contribution in [3.63, 3.8) is 0 Å². The number of ether oxygens (including phenoxy) is 2. The number of benzene rings is 1. The number of thiophene rings is 1. The molecule has 0 saturated heterocycles. The molecular formula is C24H30N2O3S2. The predicted molar refractivity (Wildman–Crippen MR) is 129 cm³/mol. The summed E-state index contributed by atoms with van der Waals surface area (Å²) in [6, 6.07) is 7.65. The van der Waals surface area contributed by atoms with Crippen LogP contribution < -0.4 is 10.3 Å². The van der Waals surface area contributed by atoms with Crippen molar-refractivity contribution in [3.05, 3.63) is 45.1 Å². The zero-order chi connectivity index (χ0) is 22.0. The lowest BCUT2D eigenvalue weighted by atomic mass is 9.90. The quantitative estimate of drug-likeness (QED) is 0.236. The van der Waals surface area contributed by atoms with E-state index in [1.165, 1.54) is 12.8 Å². The van der Waals surface area contributed by atoms with Crippen molar-refractivity contribution < 1.29 is 9.47 Å². The Hall–Kier alpha value is -1.83. The summed E-state index contributed by atoms with van der Waals surface area (Å²) in [7, 11) is 1.65. The van der Waals surface area contributed by atoms with Crippen LogP contribution in [0.1, 0.15) is 56.9 Å². The molecule has 0 saturated carbocycles. The molecule has 0 fully saturated rings. The fraction of sp³-hybridized carbons (Fsp3) is 0.500. The Labute approximate surface area is 191 Å². The van der Waals surface area contributed by atoms with Crippen molar-refractivity contribution >= 4 is 33.3 Å². The van der Waals surface area contributed by atoms with Crippen LogP contribution in [-0.4, -0.2) is 28.0 Å². The van der Waals surface area contributed by atoms with Crippen LogP contribution in [0.25, 0.3) is 15.9 Å². The molecule has 0 radical (unpaired) electrons. The van der Waals surface area contributed by atoms with Gasteiger partial charge in [0, 0.05) is 17.1 Å². The Morgan fingerprint density at radius 3 is 2.71 bits per heavy atom. The highest BCUT2D eigenvalue weighted by Crippen LogP contribution is 2.39. The van der Waals surface area contributed by atoms with Crippen LogP contribution in [0, 0.1) is 0 Å². The molecule has 2 aromatic heterocycles. The summed E-state index contributed by atoms with van der Waals surface area (Å²) in [5.41, 5.74) is 1.73. The Bertz CT molecular complexity index is 1120. The van der Waals surface area contributed by atoms with Crippen molar-refractivity contribution in [2.75, 3.05) is 12.9 Å². The van der Waals surface area contributed by atoms with Crippen molar-refractivity contribution in [3.8, 4) is 11.4 Å². The lowest BCUT2D eigenvalue weighted by Crippen LogP contribution is -2.34. The SMILES string of the molecule is CCCCCSc1nc2sc3c(c2c(=O)n1-c1ccc(OC)cc1)CC(C)(CC)OC3. The smallest absolute Gasteiger partial charge is 0.267 e. The van der Waals surface area contributed by atoms with Crippen LogP contribution in [0.4, 0.5) is 0 Å². The minimum atomic E-state index is -0.230. The molecule has 31 heavy (non-hydrogen) atoms. The standard InChI is InChI=1S/C24H30N2O3S2/c1-5-7-8-13-30-23-25-21-20(18-14-24(3,6-2)29-15-19(18)31-21)22(27)26(23)16-9-11-17(28-4)12-10-16/h9-12H,5-8,13-15H2,1-4H3. The summed E-state index contributed by atoms with van der Waals surface area (Å²) >= 11 is 3.28. The summed E-state index contributed by atoms with van der Waals surface area (Å²) < 4.78 is 13.2. The number of thioether (sulfide) groups is 1. The van der Waals surface area contributed by atoms with Gasteiger partial charge in [-0.25, -0.2) is 4.98 Å². The van der Waals surface area contributed by atoms with Gasteiger partial charge in [-0.15, -0.1) is 11.3 Å². The van der Waals surface area contributed by atoms with E-state index in [2.05, 4.69) is 20.8 Å². The number of unbranched alkanes of at least 4 members (excludes halogenated alkanes) is 2. The third-order valence-corrected chi connectivity index (χ3v) is 8.16. The second-order valence-electron chi connectivity index (χ2n) is 8.24. The minimum absolute atomic E-state index is 0.0195. The third-order valence-electron chi connectivity index (χ3n) is 6.04. The van der Waals surface area contributed by atoms with E-state index in [1.54, 1.807) is 34.8 Å². The van der Waals surface area contributed by atoms with E-state index in [9.17, 15) is 4.79 Å². The Balaban J connectivity index is 1.86. The first-order valence-electron chi connectivity index (χ1n) is 11.0. The van der Waals surface area contributed by atoms with Gasteiger partial charge in [-0.3, -0.25) is 9.36 Å². The third kappa shape index (κ3) is 4.41. The fourth-order valence-corrected chi connectivity index (χ4v) is 6.05. The summed E-state index contributed by atoms with van der Waals surface area (Å²) in [6.07, 6.45) is 5.13. The Morgan fingerprint density at radius 2 is 2.03 bits per heavy atom. The van der Waals surface area contributed by atoms with Crippen LogP contribution in [0.3, 0.4) is 0 Å². The van der Waals surface area contributed by atoms with Gasteiger partial charge in [-0.05, 0) is 49.6 Å². The van der Waals surface area contributed by atoms with Gasteiger partial charge in [-0.2, -0.15) is 0 Å². The molecule has 0 aliphatic carbocycles. The maximum Gasteiger partial charge on any atom is 0.267 e. The molecule has 7 heteroatoms. The van der Waals surface area contributed by atoms with E-state index in [1.807, 2.05) is 24.3 Å². The van der Waals surface area contributed by atoms with Gasteiger partial charge < -0.3 is 9.47 Å². The van der Waals surface area contributed by atoms with Gasteiger partial charge in [0.25, 0.3) is 5.56 Å². The van der Waals surface area contributed by atoms with Gasteiger partial charge in [0.15, 0.2) is 5.16 Å². The van der Waals surface area contributed by atoms with Gasteiger partial charge in [0.2, 0.25) is 0 Å². The lowest BCUT2D eigenvalue weighted by Gasteiger charge is -2.32. The molecular weight excluding hydrogens is 428 g/mol. The molecule has 1 atom stereocenters. The molecule has 3 aromatic rings. The van der Waals surface area contributed by atoms with E-state index < -0.39 is 0 Å².